The SMILES string of the molecule is COc1ccc(NC(=O)[C@H]2NCCO[C@@H]2C)cc1S(=O)(=O)N1CCCCC1. The summed E-state index contributed by atoms with van der Waals surface area (Å²) in [5, 5.41) is 5.91. The second-order valence-electron chi connectivity index (χ2n) is 6.83. The minimum Gasteiger partial charge on any atom is -0.495 e. The van der Waals surface area contributed by atoms with Gasteiger partial charge in [-0.15, -0.1) is 0 Å². The van der Waals surface area contributed by atoms with E-state index in [1.54, 1.807) is 12.1 Å². The molecule has 3 rings (SSSR count). The molecule has 2 aliphatic rings. The Morgan fingerprint density at radius 2 is 2.04 bits per heavy atom. The maximum absolute atomic E-state index is 13.1. The number of rotatable bonds is 5. The van der Waals surface area contributed by atoms with Crippen molar-refractivity contribution in [2.75, 3.05) is 38.7 Å². The van der Waals surface area contributed by atoms with Gasteiger partial charge in [0.05, 0.1) is 19.8 Å². The van der Waals surface area contributed by atoms with Gasteiger partial charge in [0, 0.05) is 25.3 Å². The lowest BCUT2D eigenvalue weighted by Crippen LogP contribution is -2.53. The van der Waals surface area contributed by atoms with Crippen molar-refractivity contribution in [1.82, 2.24) is 9.62 Å². The molecule has 2 heterocycles. The van der Waals surface area contributed by atoms with Gasteiger partial charge in [-0.3, -0.25) is 4.79 Å². The molecule has 0 unspecified atom stereocenters. The topological polar surface area (TPSA) is 97.0 Å². The van der Waals surface area contributed by atoms with Crippen molar-refractivity contribution in [3.05, 3.63) is 18.2 Å². The second-order valence-corrected chi connectivity index (χ2v) is 8.73. The van der Waals surface area contributed by atoms with Gasteiger partial charge in [0.15, 0.2) is 0 Å². The number of piperidine rings is 1. The molecule has 2 saturated heterocycles. The van der Waals surface area contributed by atoms with Gasteiger partial charge >= 0.3 is 0 Å². The lowest BCUT2D eigenvalue weighted by molar-refractivity contribution is -0.123. The third-order valence-electron chi connectivity index (χ3n) is 4.96. The highest BCUT2D eigenvalue weighted by Gasteiger charge is 2.31. The summed E-state index contributed by atoms with van der Waals surface area (Å²) in [5.74, 6) is 0.0137. The molecule has 0 aromatic heterocycles. The highest BCUT2D eigenvalue weighted by molar-refractivity contribution is 7.89. The number of benzene rings is 1. The third kappa shape index (κ3) is 4.43. The summed E-state index contributed by atoms with van der Waals surface area (Å²) >= 11 is 0. The Balaban J connectivity index is 1.84. The molecule has 1 aromatic rings. The number of anilines is 1. The van der Waals surface area contributed by atoms with Crippen LogP contribution in [0.3, 0.4) is 0 Å². The number of methoxy groups -OCH3 is 1. The number of carbonyl (C=O) groups is 1. The predicted molar refractivity (Wildman–Crippen MR) is 101 cm³/mol. The average Bonchev–Trinajstić information content (AvgIpc) is 2.69. The summed E-state index contributed by atoms with van der Waals surface area (Å²) < 4.78 is 38.4. The third-order valence-corrected chi connectivity index (χ3v) is 6.88. The Labute approximate surface area is 160 Å². The zero-order valence-electron chi connectivity index (χ0n) is 15.7. The second kappa shape index (κ2) is 8.55. The van der Waals surface area contributed by atoms with E-state index in [0.717, 1.165) is 19.3 Å². The molecule has 1 aromatic carbocycles. The normalized spacial score (nSPS) is 24.4. The first-order valence-electron chi connectivity index (χ1n) is 9.27. The average molecular weight is 397 g/mol. The fraction of sp³-hybridized carbons (Fsp3) is 0.611. The lowest BCUT2D eigenvalue weighted by Gasteiger charge is -2.29. The molecule has 0 aliphatic carbocycles. The van der Waals surface area contributed by atoms with E-state index in [9.17, 15) is 13.2 Å². The monoisotopic (exact) mass is 397 g/mol. The highest BCUT2D eigenvalue weighted by atomic mass is 32.2. The van der Waals surface area contributed by atoms with Crippen LogP contribution >= 0.6 is 0 Å². The standard InChI is InChI=1S/C18H27N3O5S/c1-13-17(19-8-11-26-13)18(22)20-14-6-7-15(25-2)16(12-14)27(23,24)21-9-4-3-5-10-21/h6-7,12-13,17,19H,3-5,8-11H2,1-2H3,(H,20,22)/t13-,17+/m1/s1. The van der Waals surface area contributed by atoms with Crippen LogP contribution < -0.4 is 15.4 Å². The molecule has 2 aliphatic heterocycles. The van der Waals surface area contributed by atoms with Crippen molar-refractivity contribution in [2.45, 2.75) is 43.2 Å². The number of sulfonamides is 1. The zero-order valence-corrected chi connectivity index (χ0v) is 16.5. The molecular weight excluding hydrogens is 370 g/mol. The maximum atomic E-state index is 13.1. The highest BCUT2D eigenvalue weighted by Crippen LogP contribution is 2.31. The van der Waals surface area contributed by atoms with E-state index in [2.05, 4.69) is 10.6 Å². The van der Waals surface area contributed by atoms with Gasteiger partial charge in [-0.25, -0.2) is 8.42 Å². The van der Waals surface area contributed by atoms with Crippen LogP contribution in [-0.2, 0) is 19.6 Å². The van der Waals surface area contributed by atoms with Gasteiger partial charge in [-0.2, -0.15) is 4.31 Å². The summed E-state index contributed by atoms with van der Waals surface area (Å²) in [6, 6.07) is 4.19. The van der Waals surface area contributed by atoms with Crippen molar-refractivity contribution in [2.24, 2.45) is 0 Å². The van der Waals surface area contributed by atoms with Crippen molar-refractivity contribution in [3.63, 3.8) is 0 Å². The number of nitrogens with one attached hydrogen (secondary N) is 2. The molecule has 0 radical (unpaired) electrons. The predicted octanol–water partition coefficient (Wildman–Crippen LogP) is 1.19. The van der Waals surface area contributed by atoms with Crippen LogP contribution in [-0.4, -0.2) is 64.1 Å². The fourth-order valence-corrected chi connectivity index (χ4v) is 5.15. The first-order chi connectivity index (χ1) is 12.9. The number of ether oxygens (including phenoxy) is 2. The molecule has 27 heavy (non-hydrogen) atoms. The molecule has 150 valence electrons. The van der Waals surface area contributed by atoms with Crippen molar-refractivity contribution >= 4 is 21.6 Å². The van der Waals surface area contributed by atoms with Crippen molar-refractivity contribution < 1.29 is 22.7 Å². The molecule has 8 nitrogen and oxygen atoms in total. The van der Waals surface area contributed by atoms with Gasteiger partial charge in [-0.05, 0) is 38.0 Å². The zero-order chi connectivity index (χ0) is 19.4. The van der Waals surface area contributed by atoms with Gasteiger partial charge in [0.25, 0.3) is 0 Å². The molecule has 0 saturated carbocycles. The number of nitrogens with zero attached hydrogens (tertiary/aromatic N) is 1. The van der Waals surface area contributed by atoms with Crippen LogP contribution in [0.15, 0.2) is 23.1 Å². The molecule has 0 bridgehead atoms. The summed E-state index contributed by atoms with van der Waals surface area (Å²) in [7, 11) is -2.24. The van der Waals surface area contributed by atoms with Crippen LogP contribution in [0.4, 0.5) is 5.69 Å². The molecule has 2 fully saturated rings. The summed E-state index contributed by atoms with van der Waals surface area (Å²) in [6.45, 7) is 3.99. The number of amides is 1. The number of morpholine rings is 1. The molecular formula is C18H27N3O5S. The van der Waals surface area contributed by atoms with Crippen LogP contribution in [0.1, 0.15) is 26.2 Å². The smallest absolute Gasteiger partial charge is 0.246 e. The van der Waals surface area contributed by atoms with Gasteiger partial charge in [-0.1, -0.05) is 6.42 Å². The maximum Gasteiger partial charge on any atom is 0.246 e. The summed E-state index contributed by atoms with van der Waals surface area (Å²) in [4.78, 5) is 12.6. The lowest BCUT2D eigenvalue weighted by atomic mass is 10.1. The van der Waals surface area contributed by atoms with E-state index in [4.69, 9.17) is 9.47 Å². The van der Waals surface area contributed by atoms with Gasteiger partial charge < -0.3 is 20.1 Å². The largest absolute Gasteiger partial charge is 0.495 e. The van der Waals surface area contributed by atoms with Gasteiger partial charge in [0.1, 0.15) is 16.7 Å². The minimum absolute atomic E-state index is 0.0746. The molecule has 0 spiro atoms. The molecule has 2 N–H and O–H groups in total. The van der Waals surface area contributed by atoms with E-state index in [0.29, 0.717) is 31.9 Å². The molecule has 1 amide bonds. The Bertz CT molecular complexity index is 777. The Morgan fingerprint density at radius 3 is 2.70 bits per heavy atom. The first-order valence-corrected chi connectivity index (χ1v) is 10.7. The quantitative estimate of drug-likeness (QED) is 0.775. The fourth-order valence-electron chi connectivity index (χ4n) is 3.45. The van der Waals surface area contributed by atoms with Crippen LogP contribution in [0.5, 0.6) is 5.75 Å². The van der Waals surface area contributed by atoms with Crippen molar-refractivity contribution in [3.8, 4) is 5.75 Å². The molecule has 2 atom stereocenters. The number of hydrogen-bond donors (Lipinski definition) is 2. The van der Waals surface area contributed by atoms with Gasteiger partial charge in [0.2, 0.25) is 15.9 Å². The summed E-state index contributed by atoms with van der Waals surface area (Å²) in [5.41, 5.74) is 0.413. The van der Waals surface area contributed by atoms with Crippen LogP contribution in [0.25, 0.3) is 0 Å². The Morgan fingerprint density at radius 1 is 1.30 bits per heavy atom. The first kappa shape index (κ1) is 20.1. The Kier molecular flexibility index (Phi) is 6.36. The van der Waals surface area contributed by atoms with E-state index < -0.39 is 16.1 Å². The summed E-state index contributed by atoms with van der Waals surface area (Å²) in [6.07, 6.45) is 2.48. The van der Waals surface area contributed by atoms with E-state index in [1.807, 2.05) is 6.92 Å². The Hall–Kier alpha value is -1.68. The molecule has 9 heteroatoms. The van der Waals surface area contributed by atoms with E-state index in [-0.39, 0.29) is 22.7 Å². The number of hydrogen-bond acceptors (Lipinski definition) is 6. The minimum atomic E-state index is -3.68. The van der Waals surface area contributed by atoms with E-state index >= 15 is 0 Å². The van der Waals surface area contributed by atoms with Crippen LogP contribution in [0.2, 0.25) is 0 Å². The van der Waals surface area contributed by atoms with E-state index in [1.165, 1.54) is 17.5 Å². The van der Waals surface area contributed by atoms with Crippen LogP contribution in [0, 0.1) is 0 Å². The number of carbonyl (C=O) groups excluding carboxylic acids is 1. The van der Waals surface area contributed by atoms with Crippen molar-refractivity contribution in [1.29, 1.82) is 0 Å².